The highest BCUT2D eigenvalue weighted by Crippen LogP contribution is 2.28. The Morgan fingerprint density at radius 2 is 2.33 bits per heavy atom. The molecule has 1 unspecified atom stereocenters. The summed E-state index contributed by atoms with van der Waals surface area (Å²) in [6, 6.07) is 5.41. The van der Waals surface area contributed by atoms with Gasteiger partial charge in [0, 0.05) is 13.1 Å². The predicted molar refractivity (Wildman–Crippen MR) is 69.8 cm³/mol. The molecule has 0 aromatic heterocycles. The zero-order valence-electron chi connectivity index (χ0n) is 10.7. The lowest BCUT2D eigenvalue weighted by molar-refractivity contribution is 0.0533. The molecular formula is C13H18N2O3. The number of carbonyl (C=O) groups excluding carboxylic acids is 1. The number of methoxy groups -OCH3 is 1. The molecule has 1 aromatic carbocycles. The summed E-state index contributed by atoms with van der Waals surface area (Å²) in [5, 5.41) is 0. The first kappa shape index (κ1) is 12.7. The van der Waals surface area contributed by atoms with Gasteiger partial charge in [-0.05, 0) is 19.1 Å². The van der Waals surface area contributed by atoms with E-state index in [2.05, 4.69) is 4.90 Å². The van der Waals surface area contributed by atoms with Gasteiger partial charge in [0.15, 0.2) is 0 Å². The molecule has 1 aliphatic heterocycles. The van der Waals surface area contributed by atoms with E-state index in [1.807, 2.05) is 19.1 Å². The van der Waals surface area contributed by atoms with Gasteiger partial charge in [0.1, 0.15) is 0 Å². The molecule has 0 amide bonds. The van der Waals surface area contributed by atoms with Gasteiger partial charge in [-0.15, -0.1) is 0 Å². The Bertz CT molecular complexity index is 448. The number of carbonyl (C=O) groups is 1. The van der Waals surface area contributed by atoms with Crippen molar-refractivity contribution in [1.29, 1.82) is 0 Å². The van der Waals surface area contributed by atoms with Crippen LogP contribution in [0, 0.1) is 0 Å². The minimum atomic E-state index is -0.407. The lowest BCUT2D eigenvalue weighted by atomic mass is 10.1. The molecular weight excluding hydrogens is 232 g/mol. The van der Waals surface area contributed by atoms with Gasteiger partial charge in [-0.1, -0.05) is 6.07 Å². The highest BCUT2D eigenvalue weighted by Gasteiger charge is 2.21. The average molecular weight is 250 g/mol. The number of ether oxygens (including phenoxy) is 2. The molecule has 1 fully saturated rings. The zero-order chi connectivity index (χ0) is 13.1. The highest BCUT2D eigenvalue weighted by molar-refractivity contribution is 5.98. The van der Waals surface area contributed by atoms with E-state index in [1.165, 1.54) is 7.11 Å². The summed E-state index contributed by atoms with van der Waals surface area (Å²) >= 11 is 0. The van der Waals surface area contributed by atoms with Gasteiger partial charge in [-0.2, -0.15) is 0 Å². The van der Waals surface area contributed by atoms with Gasteiger partial charge in [-0.3, -0.25) is 0 Å². The average Bonchev–Trinajstić information content (AvgIpc) is 2.38. The largest absolute Gasteiger partial charge is 0.465 e. The van der Waals surface area contributed by atoms with Crippen LogP contribution in [0.3, 0.4) is 0 Å². The number of anilines is 2. The molecule has 0 bridgehead atoms. The van der Waals surface area contributed by atoms with Crippen LogP contribution < -0.4 is 10.6 Å². The Kier molecular flexibility index (Phi) is 3.72. The minimum absolute atomic E-state index is 0.167. The first-order chi connectivity index (χ1) is 8.63. The van der Waals surface area contributed by atoms with Crippen molar-refractivity contribution in [3.8, 4) is 0 Å². The van der Waals surface area contributed by atoms with Crippen LogP contribution in [0.1, 0.15) is 17.3 Å². The molecule has 2 rings (SSSR count). The molecule has 2 N–H and O–H groups in total. The smallest absolute Gasteiger partial charge is 0.340 e. The molecule has 0 spiro atoms. The van der Waals surface area contributed by atoms with E-state index in [-0.39, 0.29) is 6.10 Å². The molecule has 5 nitrogen and oxygen atoms in total. The Hall–Kier alpha value is -1.75. The number of rotatable bonds is 2. The van der Waals surface area contributed by atoms with Crippen molar-refractivity contribution in [1.82, 2.24) is 0 Å². The van der Waals surface area contributed by atoms with Crippen LogP contribution in [0.15, 0.2) is 18.2 Å². The minimum Gasteiger partial charge on any atom is -0.465 e. The molecule has 0 radical (unpaired) electrons. The van der Waals surface area contributed by atoms with E-state index >= 15 is 0 Å². The number of esters is 1. The SMILES string of the molecule is COC(=O)c1cccc(N2CCOC(C)C2)c1N. The van der Waals surface area contributed by atoms with Crippen LogP contribution in [0.5, 0.6) is 0 Å². The molecule has 18 heavy (non-hydrogen) atoms. The van der Waals surface area contributed by atoms with Crippen LogP contribution in [-0.4, -0.2) is 38.9 Å². The lowest BCUT2D eigenvalue weighted by Crippen LogP contribution is -2.41. The van der Waals surface area contributed by atoms with E-state index in [9.17, 15) is 4.79 Å². The van der Waals surface area contributed by atoms with Crippen molar-refractivity contribution >= 4 is 17.3 Å². The topological polar surface area (TPSA) is 64.8 Å². The van der Waals surface area contributed by atoms with Gasteiger partial charge >= 0.3 is 5.97 Å². The Balaban J connectivity index is 2.30. The van der Waals surface area contributed by atoms with E-state index < -0.39 is 5.97 Å². The third-order valence-electron chi connectivity index (χ3n) is 3.07. The summed E-state index contributed by atoms with van der Waals surface area (Å²) in [7, 11) is 1.35. The molecule has 0 saturated carbocycles. The molecule has 0 aliphatic carbocycles. The summed E-state index contributed by atoms with van der Waals surface area (Å²) in [6.07, 6.45) is 0.167. The van der Waals surface area contributed by atoms with Crippen molar-refractivity contribution in [2.45, 2.75) is 13.0 Å². The summed E-state index contributed by atoms with van der Waals surface area (Å²) < 4.78 is 10.2. The molecule has 98 valence electrons. The number of morpholine rings is 1. The maximum Gasteiger partial charge on any atom is 0.340 e. The number of para-hydroxylation sites is 1. The fourth-order valence-corrected chi connectivity index (χ4v) is 2.15. The fourth-order valence-electron chi connectivity index (χ4n) is 2.15. The van der Waals surface area contributed by atoms with Crippen LogP contribution in [0.25, 0.3) is 0 Å². The molecule has 1 heterocycles. The second-order valence-electron chi connectivity index (χ2n) is 4.36. The standard InChI is InChI=1S/C13H18N2O3/c1-9-8-15(6-7-18-9)11-5-3-4-10(12(11)14)13(16)17-2/h3-5,9H,6-8,14H2,1-2H3. The first-order valence-electron chi connectivity index (χ1n) is 5.97. The van der Waals surface area contributed by atoms with Crippen LogP contribution in [0.4, 0.5) is 11.4 Å². The summed E-state index contributed by atoms with van der Waals surface area (Å²) in [5.74, 6) is -0.407. The second-order valence-corrected chi connectivity index (χ2v) is 4.36. The van der Waals surface area contributed by atoms with Crippen molar-refractivity contribution in [2.75, 3.05) is 37.4 Å². The van der Waals surface area contributed by atoms with Crippen LogP contribution >= 0.6 is 0 Å². The zero-order valence-corrected chi connectivity index (χ0v) is 10.7. The fraction of sp³-hybridized carbons (Fsp3) is 0.462. The summed E-state index contributed by atoms with van der Waals surface area (Å²) in [6.45, 7) is 4.24. The van der Waals surface area contributed by atoms with Crippen molar-refractivity contribution < 1.29 is 14.3 Å². The number of hydrogen-bond acceptors (Lipinski definition) is 5. The monoisotopic (exact) mass is 250 g/mol. The van der Waals surface area contributed by atoms with Gasteiger partial charge in [0.05, 0.1) is 36.8 Å². The van der Waals surface area contributed by atoms with Crippen LogP contribution in [0.2, 0.25) is 0 Å². The van der Waals surface area contributed by atoms with Crippen molar-refractivity contribution in [3.05, 3.63) is 23.8 Å². The van der Waals surface area contributed by atoms with E-state index in [1.54, 1.807) is 6.07 Å². The van der Waals surface area contributed by atoms with E-state index in [0.717, 1.165) is 18.8 Å². The summed E-state index contributed by atoms with van der Waals surface area (Å²) in [4.78, 5) is 13.7. The number of nitrogen functional groups attached to an aromatic ring is 1. The van der Waals surface area contributed by atoms with Gasteiger partial charge < -0.3 is 20.1 Å². The second kappa shape index (κ2) is 5.27. The molecule has 1 atom stereocenters. The molecule has 1 aromatic rings. The van der Waals surface area contributed by atoms with Gasteiger partial charge in [0.25, 0.3) is 0 Å². The highest BCUT2D eigenvalue weighted by atomic mass is 16.5. The van der Waals surface area contributed by atoms with E-state index in [0.29, 0.717) is 17.9 Å². The third-order valence-corrected chi connectivity index (χ3v) is 3.07. The normalized spacial score (nSPS) is 19.7. The lowest BCUT2D eigenvalue weighted by Gasteiger charge is -2.33. The molecule has 5 heteroatoms. The Labute approximate surface area is 106 Å². The maximum absolute atomic E-state index is 11.6. The Morgan fingerprint density at radius 1 is 1.56 bits per heavy atom. The van der Waals surface area contributed by atoms with Crippen molar-refractivity contribution in [2.24, 2.45) is 0 Å². The predicted octanol–water partition coefficient (Wildman–Crippen LogP) is 1.28. The first-order valence-corrected chi connectivity index (χ1v) is 5.97. The van der Waals surface area contributed by atoms with Gasteiger partial charge in [-0.25, -0.2) is 4.79 Å². The Morgan fingerprint density at radius 3 is 3.00 bits per heavy atom. The molecule has 1 aliphatic rings. The van der Waals surface area contributed by atoms with Crippen molar-refractivity contribution in [3.63, 3.8) is 0 Å². The van der Waals surface area contributed by atoms with Crippen LogP contribution in [-0.2, 0) is 9.47 Å². The quantitative estimate of drug-likeness (QED) is 0.632. The molecule has 1 saturated heterocycles. The number of benzene rings is 1. The number of hydrogen-bond donors (Lipinski definition) is 1. The third kappa shape index (κ3) is 2.41. The summed E-state index contributed by atoms with van der Waals surface area (Å²) in [5.41, 5.74) is 7.80. The maximum atomic E-state index is 11.6. The number of nitrogens with two attached hydrogens (primary N) is 1. The van der Waals surface area contributed by atoms with Gasteiger partial charge in [0.2, 0.25) is 0 Å². The van der Waals surface area contributed by atoms with E-state index in [4.69, 9.17) is 15.2 Å². The number of nitrogens with zero attached hydrogens (tertiary/aromatic N) is 1.